The number of nitrogens with one attached hydrogen (secondary N) is 1. The van der Waals surface area contributed by atoms with E-state index in [2.05, 4.69) is 19.2 Å². The van der Waals surface area contributed by atoms with Crippen LogP contribution in [-0.4, -0.2) is 47.4 Å². The molecule has 362 valence electrons. The Balaban J connectivity index is 3.35. The van der Waals surface area contributed by atoms with Crippen LogP contribution in [0.1, 0.15) is 303 Å². The van der Waals surface area contributed by atoms with Crippen LogP contribution in [-0.2, 0) is 14.3 Å². The van der Waals surface area contributed by atoms with Crippen molar-refractivity contribution in [2.24, 2.45) is 0 Å². The van der Waals surface area contributed by atoms with Crippen molar-refractivity contribution in [2.75, 3.05) is 13.2 Å². The number of aliphatic hydroxyl groups is 2. The average molecular weight is 862 g/mol. The van der Waals surface area contributed by atoms with Gasteiger partial charge in [0.2, 0.25) is 5.91 Å². The first-order valence-electron chi connectivity index (χ1n) is 27.5. The molecule has 0 saturated carbocycles. The Morgan fingerprint density at radius 3 is 1.11 bits per heavy atom. The summed E-state index contributed by atoms with van der Waals surface area (Å²) in [5.41, 5.74) is 0. The first kappa shape index (κ1) is 59.6. The van der Waals surface area contributed by atoms with Crippen molar-refractivity contribution < 1.29 is 24.5 Å². The van der Waals surface area contributed by atoms with Crippen molar-refractivity contribution in [2.45, 2.75) is 315 Å². The van der Waals surface area contributed by atoms with Gasteiger partial charge in [-0.25, -0.2) is 0 Å². The number of amides is 1. The van der Waals surface area contributed by atoms with E-state index >= 15 is 0 Å². The molecule has 3 N–H and O–H groups in total. The highest BCUT2D eigenvalue weighted by Crippen LogP contribution is 2.17. The molecule has 0 aromatic heterocycles. The third-order valence-corrected chi connectivity index (χ3v) is 12.8. The first-order valence-corrected chi connectivity index (χ1v) is 27.5. The molecule has 0 bridgehead atoms. The number of unbranched alkanes of at least 4 members (excludes halogenated alkanes) is 40. The van der Waals surface area contributed by atoms with Gasteiger partial charge in [-0.2, -0.15) is 0 Å². The molecule has 0 aliphatic rings. The van der Waals surface area contributed by atoms with Gasteiger partial charge >= 0.3 is 5.97 Å². The van der Waals surface area contributed by atoms with Gasteiger partial charge in [0.05, 0.1) is 25.4 Å². The highest BCUT2D eigenvalue weighted by atomic mass is 16.5. The summed E-state index contributed by atoms with van der Waals surface area (Å²) in [6.45, 7) is 4.88. The minimum Gasteiger partial charge on any atom is -0.466 e. The summed E-state index contributed by atoms with van der Waals surface area (Å²) in [6, 6.07) is -0.625. The fourth-order valence-corrected chi connectivity index (χ4v) is 8.58. The smallest absolute Gasteiger partial charge is 0.305 e. The van der Waals surface area contributed by atoms with Crippen molar-refractivity contribution in [3.05, 3.63) is 12.2 Å². The van der Waals surface area contributed by atoms with Gasteiger partial charge < -0.3 is 20.3 Å². The molecule has 0 aliphatic carbocycles. The Labute approximate surface area is 380 Å². The van der Waals surface area contributed by atoms with Gasteiger partial charge in [0.1, 0.15) is 0 Å². The van der Waals surface area contributed by atoms with Gasteiger partial charge in [-0.3, -0.25) is 9.59 Å². The molecular weight excluding hydrogens is 755 g/mol. The molecule has 6 nitrogen and oxygen atoms in total. The van der Waals surface area contributed by atoms with E-state index in [1.54, 1.807) is 6.08 Å². The lowest BCUT2D eigenvalue weighted by Gasteiger charge is -2.20. The number of ether oxygens (including phenoxy) is 1. The largest absolute Gasteiger partial charge is 0.466 e. The van der Waals surface area contributed by atoms with Crippen LogP contribution in [0, 0.1) is 0 Å². The van der Waals surface area contributed by atoms with Gasteiger partial charge in [-0.15, -0.1) is 0 Å². The van der Waals surface area contributed by atoms with E-state index < -0.39 is 12.1 Å². The second-order valence-corrected chi connectivity index (χ2v) is 18.9. The zero-order valence-corrected chi connectivity index (χ0v) is 41.2. The molecule has 2 atom stereocenters. The van der Waals surface area contributed by atoms with Gasteiger partial charge in [-0.05, 0) is 32.1 Å². The summed E-state index contributed by atoms with van der Waals surface area (Å²) in [5, 5.41) is 22.9. The minimum absolute atomic E-state index is 0.0136. The fourth-order valence-electron chi connectivity index (χ4n) is 8.58. The van der Waals surface area contributed by atoms with E-state index in [1.807, 2.05) is 6.08 Å². The number of hydrogen-bond acceptors (Lipinski definition) is 5. The predicted molar refractivity (Wildman–Crippen MR) is 264 cm³/mol. The molecule has 0 fully saturated rings. The number of rotatable bonds is 51. The molecule has 0 spiro atoms. The molecule has 0 aliphatic heterocycles. The van der Waals surface area contributed by atoms with Crippen molar-refractivity contribution in [1.29, 1.82) is 0 Å². The van der Waals surface area contributed by atoms with Crippen LogP contribution in [0.25, 0.3) is 0 Å². The van der Waals surface area contributed by atoms with E-state index in [9.17, 15) is 19.8 Å². The van der Waals surface area contributed by atoms with Crippen molar-refractivity contribution in [3.63, 3.8) is 0 Å². The predicted octanol–water partition coefficient (Wildman–Crippen LogP) is 16.5. The lowest BCUT2D eigenvalue weighted by Crippen LogP contribution is -2.45. The van der Waals surface area contributed by atoms with Crippen molar-refractivity contribution >= 4 is 11.9 Å². The van der Waals surface area contributed by atoms with E-state index in [4.69, 9.17) is 4.74 Å². The van der Waals surface area contributed by atoms with Crippen LogP contribution in [0.3, 0.4) is 0 Å². The molecule has 1 amide bonds. The van der Waals surface area contributed by atoms with Crippen molar-refractivity contribution in [3.8, 4) is 0 Å². The number of carbonyl (C=O) groups excluding carboxylic acids is 2. The third kappa shape index (κ3) is 47.9. The Bertz CT molecular complexity index is 909. The Morgan fingerprint density at radius 1 is 0.443 bits per heavy atom. The summed E-state index contributed by atoms with van der Waals surface area (Å²) in [5.74, 6) is -0.0572. The molecule has 2 unspecified atom stereocenters. The summed E-state index contributed by atoms with van der Waals surface area (Å²) in [4.78, 5) is 24.4. The number of hydrogen-bond donors (Lipinski definition) is 3. The SMILES string of the molecule is CCCCCCCCC/C=C/C(O)C(CO)NC(=O)CCCCCCCCCCCCCCCCCCCCCCCOC(=O)CCCCCCCCCCCCCCCC. The Morgan fingerprint density at radius 2 is 0.754 bits per heavy atom. The molecule has 0 saturated heterocycles. The maximum atomic E-state index is 12.4. The highest BCUT2D eigenvalue weighted by molar-refractivity contribution is 5.76. The zero-order valence-electron chi connectivity index (χ0n) is 41.2. The fraction of sp³-hybridized carbons (Fsp3) is 0.927. The average Bonchev–Trinajstić information content (AvgIpc) is 3.26. The van der Waals surface area contributed by atoms with Gasteiger partial charge in [0, 0.05) is 12.8 Å². The van der Waals surface area contributed by atoms with Gasteiger partial charge in [0.25, 0.3) is 0 Å². The maximum Gasteiger partial charge on any atom is 0.305 e. The lowest BCUT2D eigenvalue weighted by atomic mass is 10.0. The summed E-state index contributed by atoms with van der Waals surface area (Å²) in [6.07, 6.45) is 59.5. The van der Waals surface area contributed by atoms with E-state index in [1.165, 1.54) is 238 Å². The normalized spacial score (nSPS) is 12.7. The van der Waals surface area contributed by atoms with E-state index in [0.29, 0.717) is 19.4 Å². The van der Waals surface area contributed by atoms with Gasteiger partial charge in [0.15, 0.2) is 0 Å². The lowest BCUT2D eigenvalue weighted by molar-refractivity contribution is -0.143. The number of allylic oxidation sites excluding steroid dienone is 1. The topological polar surface area (TPSA) is 95.9 Å². The first-order chi connectivity index (χ1) is 30.0. The minimum atomic E-state index is -0.841. The van der Waals surface area contributed by atoms with Crippen LogP contribution in [0.5, 0.6) is 0 Å². The molecule has 0 rings (SSSR count). The van der Waals surface area contributed by atoms with E-state index in [-0.39, 0.29) is 18.5 Å². The molecule has 61 heavy (non-hydrogen) atoms. The second kappa shape index (κ2) is 51.2. The van der Waals surface area contributed by atoms with Crippen LogP contribution >= 0.6 is 0 Å². The molecule has 0 heterocycles. The summed E-state index contributed by atoms with van der Waals surface area (Å²) >= 11 is 0. The summed E-state index contributed by atoms with van der Waals surface area (Å²) in [7, 11) is 0. The molecule has 6 heteroatoms. The quantitative estimate of drug-likeness (QED) is 0.0322. The van der Waals surface area contributed by atoms with Crippen LogP contribution < -0.4 is 5.32 Å². The molecule has 0 radical (unpaired) electrons. The summed E-state index contributed by atoms with van der Waals surface area (Å²) < 4.78 is 5.48. The zero-order chi connectivity index (χ0) is 44.4. The number of esters is 1. The molecule has 0 aromatic rings. The van der Waals surface area contributed by atoms with Crippen molar-refractivity contribution in [1.82, 2.24) is 5.32 Å². The van der Waals surface area contributed by atoms with Crippen LogP contribution in [0.2, 0.25) is 0 Å². The number of aliphatic hydroxyl groups excluding tert-OH is 2. The monoisotopic (exact) mass is 862 g/mol. The molecular formula is C55H107NO5. The van der Waals surface area contributed by atoms with E-state index in [0.717, 1.165) is 38.5 Å². The standard InChI is InChI=1S/C55H107NO5/c1-3-5-7-9-11-13-14-15-26-29-33-37-41-45-49-55(60)61-50-46-42-38-34-30-27-24-22-20-18-16-17-19-21-23-25-28-32-36-40-44-48-54(59)56-52(51-57)53(58)47-43-39-35-31-12-10-8-6-4-2/h43,47,52-53,57-58H,3-42,44-46,48-51H2,1-2H3,(H,56,59)/b47-43+. The van der Waals surface area contributed by atoms with Gasteiger partial charge in [-0.1, -0.05) is 270 Å². The number of carbonyl (C=O) groups is 2. The Kier molecular flexibility index (Phi) is 50.1. The Hall–Kier alpha value is -1.40. The second-order valence-electron chi connectivity index (χ2n) is 18.9. The van der Waals surface area contributed by atoms with Crippen LogP contribution in [0.4, 0.5) is 0 Å². The van der Waals surface area contributed by atoms with Crippen LogP contribution in [0.15, 0.2) is 12.2 Å². The highest BCUT2D eigenvalue weighted by Gasteiger charge is 2.18. The maximum absolute atomic E-state index is 12.4. The third-order valence-electron chi connectivity index (χ3n) is 12.8. The molecule has 0 aromatic carbocycles.